The maximum Gasteiger partial charge on any atom is 0.224 e. The molecule has 5 nitrogen and oxygen atoms in total. The molecule has 0 atom stereocenters. The van der Waals surface area contributed by atoms with Crippen LogP contribution in [0.25, 0.3) is 0 Å². The number of aromatic nitrogens is 2. The average molecular weight is 398 g/mol. The van der Waals surface area contributed by atoms with Crippen molar-refractivity contribution < 1.29 is 0 Å². The molecule has 136 valence electrons. The van der Waals surface area contributed by atoms with E-state index >= 15 is 0 Å². The number of rotatable bonds is 6. The Bertz CT molecular complexity index is 998. The highest BCUT2D eigenvalue weighted by atomic mass is 35.5. The van der Waals surface area contributed by atoms with Crippen LogP contribution in [0.1, 0.15) is 16.8 Å². The molecule has 0 aliphatic heterocycles. The third-order valence-electron chi connectivity index (χ3n) is 3.81. The maximum absolute atomic E-state index is 9.01. The monoisotopic (exact) mass is 397 g/mol. The normalized spacial score (nSPS) is 10.3. The van der Waals surface area contributed by atoms with E-state index in [0.717, 1.165) is 23.4 Å². The summed E-state index contributed by atoms with van der Waals surface area (Å²) in [5.74, 6) is 1.18. The molecule has 2 N–H and O–H groups in total. The number of aryl methyl sites for hydroxylation is 1. The number of hydrogen-bond donors (Lipinski definition) is 2. The highest BCUT2D eigenvalue weighted by Crippen LogP contribution is 2.22. The van der Waals surface area contributed by atoms with E-state index in [0.29, 0.717) is 33.9 Å². The van der Waals surface area contributed by atoms with E-state index < -0.39 is 0 Å². The molecular weight excluding hydrogens is 381 g/mol. The zero-order chi connectivity index (χ0) is 19.2. The molecule has 3 rings (SSSR count). The summed E-state index contributed by atoms with van der Waals surface area (Å²) < 4.78 is 0. The number of anilines is 3. The number of nitrogens with one attached hydrogen (secondary N) is 2. The number of benzene rings is 2. The van der Waals surface area contributed by atoms with E-state index in [-0.39, 0.29) is 0 Å². The summed E-state index contributed by atoms with van der Waals surface area (Å²) in [6.07, 6.45) is 0.723. The van der Waals surface area contributed by atoms with Gasteiger partial charge in [-0.2, -0.15) is 10.2 Å². The summed E-state index contributed by atoms with van der Waals surface area (Å²) in [4.78, 5) is 8.89. The van der Waals surface area contributed by atoms with Crippen LogP contribution in [-0.4, -0.2) is 16.5 Å². The van der Waals surface area contributed by atoms with Gasteiger partial charge in [0.15, 0.2) is 0 Å². The summed E-state index contributed by atoms with van der Waals surface area (Å²) in [5, 5.41) is 16.7. The number of halogens is 2. The van der Waals surface area contributed by atoms with Crippen molar-refractivity contribution in [3.63, 3.8) is 0 Å². The summed E-state index contributed by atoms with van der Waals surface area (Å²) >= 11 is 12.1. The molecule has 1 aromatic heterocycles. The van der Waals surface area contributed by atoms with E-state index in [1.807, 2.05) is 37.3 Å². The van der Waals surface area contributed by atoms with Gasteiger partial charge in [-0.15, -0.1) is 0 Å². The second kappa shape index (κ2) is 8.72. The van der Waals surface area contributed by atoms with Crippen LogP contribution in [-0.2, 0) is 6.42 Å². The first-order chi connectivity index (χ1) is 13.0. The molecule has 0 radical (unpaired) electrons. The van der Waals surface area contributed by atoms with Gasteiger partial charge in [-0.1, -0.05) is 35.3 Å². The van der Waals surface area contributed by atoms with Gasteiger partial charge in [0.2, 0.25) is 5.95 Å². The van der Waals surface area contributed by atoms with Crippen LogP contribution in [0.3, 0.4) is 0 Å². The molecule has 0 spiro atoms. The van der Waals surface area contributed by atoms with Crippen molar-refractivity contribution in [2.75, 3.05) is 17.2 Å². The largest absolute Gasteiger partial charge is 0.354 e. The fourth-order valence-corrected chi connectivity index (χ4v) is 3.06. The Labute approximate surface area is 168 Å². The van der Waals surface area contributed by atoms with Gasteiger partial charge in [0, 0.05) is 34.0 Å². The van der Waals surface area contributed by atoms with E-state index in [2.05, 4.69) is 26.7 Å². The summed E-state index contributed by atoms with van der Waals surface area (Å²) in [5.41, 5.74) is 3.22. The van der Waals surface area contributed by atoms with Crippen LogP contribution >= 0.6 is 23.2 Å². The van der Waals surface area contributed by atoms with E-state index in [1.54, 1.807) is 18.2 Å². The quantitative estimate of drug-likeness (QED) is 0.585. The zero-order valence-corrected chi connectivity index (χ0v) is 16.1. The molecule has 0 saturated heterocycles. The first-order valence-electron chi connectivity index (χ1n) is 8.34. The van der Waals surface area contributed by atoms with Gasteiger partial charge in [0.05, 0.1) is 11.6 Å². The van der Waals surface area contributed by atoms with Crippen molar-refractivity contribution >= 4 is 40.7 Å². The molecule has 0 saturated carbocycles. The van der Waals surface area contributed by atoms with Crippen LogP contribution in [0.2, 0.25) is 10.0 Å². The van der Waals surface area contributed by atoms with Crippen molar-refractivity contribution in [3.05, 3.63) is 75.4 Å². The minimum Gasteiger partial charge on any atom is -0.354 e. The van der Waals surface area contributed by atoms with Gasteiger partial charge in [-0.3, -0.25) is 0 Å². The van der Waals surface area contributed by atoms with E-state index in [9.17, 15) is 0 Å². The van der Waals surface area contributed by atoms with Gasteiger partial charge >= 0.3 is 0 Å². The van der Waals surface area contributed by atoms with Crippen molar-refractivity contribution in [2.45, 2.75) is 13.3 Å². The van der Waals surface area contributed by atoms with E-state index in [4.69, 9.17) is 28.5 Å². The Morgan fingerprint density at radius 3 is 2.70 bits per heavy atom. The molecule has 0 aliphatic carbocycles. The van der Waals surface area contributed by atoms with Crippen molar-refractivity contribution in [2.24, 2.45) is 0 Å². The van der Waals surface area contributed by atoms with Gasteiger partial charge in [0.1, 0.15) is 5.82 Å². The van der Waals surface area contributed by atoms with Gasteiger partial charge in [-0.25, -0.2) is 4.98 Å². The Morgan fingerprint density at radius 1 is 1.07 bits per heavy atom. The minimum absolute atomic E-state index is 0.527. The summed E-state index contributed by atoms with van der Waals surface area (Å²) in [6, 6.07) is 16.7. The van der Waals surface area contributed by atoms with Gasteiger partial charge in [-0.05, 0) is 49.2 Å². The highest BCUT2D eigenvalue weighted by molar-refractivity contribution is 6.35. The molecule has 3 aromatic rings. The third kappa shape index (κ3) is 5.33. The first kappa shape index (κ1) is 19.0. The highest BCUT2D eigenvalue weighted by Gasteiger charge is 2.05. The lowest BCUT2D eigenvalue weighted by molar-refractivity contribution is 0.976. The van der Waals surface area contributed by atoms with Crippen LogP contribution < -0.4 is 10.6 Å². The van der Waals surface area contributed by atoms with Crippen LogP contribution in [0.15, 0.2) is 48.5 Å². The zero-order valence-electron chi connectivity index (χ0n) is 14.6. The molecule has 27 heavy (non-hydrogen) atoms. The molecule has 0 unspecified atom stereocenters. The van der Waals surface area contributed by atoms with Gasteiger partial charge in [0.25, 0.3) is 0 Å². The van der Waals surface area contributed by atoms with Crippen LogP contribution in [0.4, 0.5) is 17.5 Å². The lowest BCUT2D eigenvalue weighted by Crippen LogP contribution is -2.10. The van der Waals surface area contributed by atoms with Crippen molar-refractivity contribution in [3.8, 4) is 6.07 Å². The Morgan fingerprint density at radius 2 is 1.93 bits per heavy atom. The molecule has 1 heterocycles. The summed E-state index contributed by atoms with van der Waals surface area (Å²) in [7, 11) is 0. The van der Waals surface area contributed by atoms with Crippen molar-refractivity contribution in [1.82, 2.24) is 9.97 Å². The standard InChI is InChI=1S/C20H17Cl2N5/c1-13-9-19(26-17-4-2-3-14(10-17)12-23)27-20(25-13)24-8-7-15-5-6-16(21)11-18(15)22/h2-6,9-11H,7-8H2,1H3,(H2,24,25,26,27). The molecule has 0 bridgehead atoms. The lowest BCUT2D eigenvalue weighted by atomic mass is 10.1. The first-order valence-corrected chi connectivity index (χ1v) is 9.10. The second-order valence-corrected chi connectivity index (χ2v) is 6.79. The molecule has 0 aliphatic rings. The maximum atomic E-state index is 9.01. The summed E-state index contributed by atoms with van der Waals surface area (Å²) in [6.45, 7) is 2.54. The SMILES string of the molecule is Cc1cc(Nc2cccc(C#N)c2)nc(NCCc2ccc(Cl)cc2Cl)n1. The number of nitriles is 1. The predicted molar refractivity (Wildman–Crippen MR) is 110 cm³/mol. The Hall–Kier alpha value is -2.81. The molecule has 2 aromatic carbocycles. The average Bonchev–Trinajstić information content (AvgIpc) is 2.63. The number of hydrogen-bond acceptors (Lipinski definition) is 5. The Kier molecular flexibility index (Phi) is 6.12. The minimum atomic E-state index is 0.527. The van der Waals surface area contributed by atoms with Crippen LogP contribution in [0, 0.1) is 18.3 Å². The molecular formula is C20H17Cl2N5. The third-order valence-corrected chi connectivity index (χ3v) is 4.40. The van der Waals surface area contributed by atoms with Gasteiger partial charge < -0.3 is 10.6 Å². The number of nitrogens with zero attached hydrogens (tertiary/aromatic N) is 3. The topological polar surface area (TPSA) is 73.6 Å². The molecule has 0 amide bonds. The fraction of sp³-hybridized carbons (Fsp3) is 0.150. The molecule has 0 fully saturated rings. The van der Waals surface area contributed by atoms with E-state index in [1.165, 1.54) is 0 Å². The smallest absolute Gasteiger partial charge is 0.224 e. The molecule has 7 heteroatoms. The lowest BCUT2D eigenvalue weighted by Gasteiger charge is -2.11. The second-order valence-electron chi connectivity index (χ2n) is 5.95. The van der Waals surface area contributed by atoms with Crippen LogP contribution in [0.5, 0.6) is 0 Å². The van der Waals surface area contributed by atoms with Crippen molar-refractivity contribution in [1.29, 1.82) is 5.26 Å². The Balaban J connectivity index is 1.67. The fourth-order valence-electron chi connectivity index (χ4n) is 2.56. The predicted octanol–water partition coefficient (Wildman–Crippen LogP) is 5.36.